The average Bonchev–Trinajstić information content (AvgIpc) is 3.16. The van der Waals surface area contributed by atoms with Crippen LogP contribution in [0.4, 0.5) is 0 Å². The number of unbranched alkanes of at least 4 members (excludes halogenated alkanes) is 16. The van der Waals surface area contributed by atoms with Crippen LogP contribution in [0.2, 0.25) is 0 Å². The van der Waals surface area contributed by atoms with Gasteiger partial charge in [-0.1, -0.05) is 159 Å². The number of rotatable bonds is 34. The average molecular weight is 750 g/mol. The maximum atomic E-state index is 12.9. The summed E-state index contributed by atoms with van der Waals surface area (Å²) in [7, 11) is 0. The summed E-state index contributed by atoms with van der Waals surface area (Å²) in [5.74, 6) is -0.171. The quantitative estimate of drug-likeness (QED) is 0.0285. The number of hydrogen-bond donors (Lipinski definition) is 6. The molecular formula is C44H79NO8. The highest BCUT2D eigenvalue weighted by atomic mass is 16.7. The maximum Gasteiger partial charge on any atom is 0.220 e. The lowest BCUT2D eigenvalue weighted by molar-refractivity contribution is -0.302. The van der Waals surface area contributed by atoms with Crippen LogP contribution in [0, 0.1) is 0 Å². The molecule has 9 heteroatoms. The largest absolute Gasteiger partial charge is 0.394 e. The minimum atomic E-state index is -1.56. The third-order valence-electron chi connectivity index (χ3n) is 9.95. The van der Waals surface area contributed by atoms with Crippen LogP contribution in [0.25, 0.3) is 0 Å². The van der Waals surface area contributed by atoms with E-state index in [0.717, 1.165) is 77.0 Å². The van der Waals surface area contributed by atoms with E-state index in [1.54, 1.807) is 0 Å². The summed E-state index contributed by atoms with van der Waals surface area (Å²) < 4.78 is 11.2. The number of allylic oxidation sites excluding steroid dienone is 8. The van der Waals surface area contributed by atoms with Gasteiger partial charge in [-0.15, -0.1) is 0 Å². The molecule has 1 aliphatic heterocycles. The van der Waals surface area contributed by atoms with E-state index in [-0.39, 0.29) is 12.5 Å². The van der Waals surface area contributed by atoms with E-state index in [1.807, 2.05) is 0 Å². The molecule has 1 saturated heterocycles. The van der Waals surface area contributed by atoms with Crippen molar-refractivity contribution >= 4 is 5.91 Å². The molecule has 0 aromatic heterocycles. The van der Waals surface area contributed by atoms with Crippen molar-refractivity contribution in [1.82, 2.24) is 5.32 Å². The van der Waals surface area contributed by atoms with Gasteiger partial charge < -0.3 is 40.3 Å². The summed E-state index contributed by atoms with van der Waals surface area (Å²) >= 11 is 0. The van der Waals surface area contributed by atoms with Crippen molar-refractivity contribution in [3.8, 4) is 0 Å². The van der Waals surface area contributed by atoms with Gasteiger partial charge in [-0.05, 0) is 51.4 Å². The van der Waals surface area contributed by atoms with E-state index in [1.165, 1.54) is 64.2 Å². The van der Waals surface area contributed by atoms with Crippen LogP contribution in [0.15, 0.2) is 48.6 Å². The van der Waals surface area contributed by atoms with Crippen LogP contribution in [0.5, 0.6) is 0 Å². The Hall–Kier alpha value is -1.85. The molecule has 0 spiro atoms. The first-order valence-electron chi connectivity index (χ1n) is 21.3. The molecule has 0 radical (unpaired) electrons. The molecule has 0 aromatic rings. The molecule has 0 aliphatic carbocycles. The van der Waals surface area contributed by atoms with Crippen LogP contribution in [-0.4, -0.2) is 87.5 Å². The zero-order chi connectivity index (χ0) is 38.8. The zero-order valence-electron chi connectivity index (χ0n) is 33.5. The second-order valence-corrected chi connectivity index (χ2v) is 14.8. The predicted molar refractivity (Wildman–Crippen MR) is 216 cm³/mol. The third-order valence-corrected chi connectivity index (χ3v) is 9.95. The lowest BCUT2D eigenvalue weighted by atomic mass is 9.99. The van der Waals surface area contributed by atoms with Gasteiger partial charge in [-0.25, -0.2) is 0 Å². The van der Waals surface area contributed by atoms with E-state index in [9.17, 15) is 30.3 Å². The molecule has 9 nitrogen and oxygen atoms in total. The Morgan fingerprint density at radius 1 is 0.660 bits per heavy atom. The van der Waals surface area contributed by atoms with Gasteiger partial charge in [0.05, 0.1) is 25.4 Å². The van der Waals surface area contributed by atoms with Crippen molar-refractivity contribution < 1.29 is 39.8 Å². The standard InChI is InChI=1S/C44H79NO8/c1-3-5-7-9-11-13-15-17-18-19-20-22-24-26-28-30-32-34-40(48)45-37(36-52-44-43(51)42(50)41(49)39(35-46)53-44)38(47)33-31-29-27-25-23-21-16-14-12-10-8-6-4-2/h5,7,11,13,17-18,20,22,37-39,41-44,46-47,49-51H,3-4,6,8-10,12,14-16,19,21,23-36H2,1-2H3,(H,45,48)/b7-5-,13-11-,18-17-,22-20-. The van der Waals surface area contributed by atoms with Crippen LogP contribution < -0.4 is 5.32 Å². The molecule has 1 rings (SSSR count). The summed E-state index contributed by atoms with van der Waals surface area (Å²) in [5.41, 5.74) is 0. The summed E-state index contributed by atoms with van der Waals surface area (Å²) in [6.07, 6.45) is 35.4. The Kier molecular flexibility index (Phi) is 32.1. The number of carbonyl (C=O) groups is 1. The van der Waals surface area contributed by atoms with Gasteiger partial charge in [0.15, 0.2) is 6.29 Å². The number of nitrogens with one attached hydrogen (secondary N) is 1. The minimum Gasteiger partial charge on any atom is -0.394 e. The second-order valence-electron chi connectivity index (χ2n) is 14.8. The smallest absolute Gasteiger partial charge is 0.220 e. The summed E-state index contributed by atoms with van der Waals surface area (Å²) in [6.45, 7) is 3.68. The van der Waals surface area contributed by atoms with Crippen LogP contribution in [-0.2, 0) is 14.3 Å². The first-order valence-corrected chi connectivity index (χ1v) is 21.3. The summed E-state index contributed by atoms with van der Waals surface area (Å²) in [4.78, 5) is 12.9. The first kappa shape index (κ1) is 49.2. The Morgan fingerprint density at radius 2 is 1.17 bits per heavy atom. The molecule has 0 aromatic carbocycles. The van der Waals surface area contributed by atoms with Crippen molar-refractivity contribution in [2.75, 3.05) is 13.2 Å². The normalized spacial score (nSPS) is 22.1. The molecule has 308 valence electrons. The Labute approximate surface area is 323 Å². The minimum absolute atomic E-state index is 0.150. The monoisotopic (exact) mass is 750 g/mol. The van der Waals surface area contributed by atoms with Crippen molar-refractivity contribution in [3.05, 3.63) is 48.6 Å². The Balaban J connectivity index is 2.39. The molecule has 1 heterocycles. The number of ether oxygens (including phenoxy) is 2. The third kappa shape index (κ3) is 25.8. The van der Waals surface area contributed by atoms with Gasteiger partial charge in [0.25, 0.3) is 0 Å². The Bertz CT molecular complexity index is 967. The van der Waals surface area contributed by atoms with Crippen molar-refractivity contribution in [2.24, 2.45) is 0 Å². The molecule has 53 heavy (non-hydrogen) atoms. The molecule has 1 fully saturated rings. The number of amides is 1. The molecule has 7 unspecified atom stereocenters. The molecule has 7 atom stereocenters. The fourth-order valence-electron chi connectivity index (χ4n) is 6.50. The summed E-state index contributed by atoms with van der Waals surface area (Å²) in [6, 6.07) is -0.731. The van der Waals surface area contributed by atoms with Crippen LogP contribution >= 0.6 is 0 Å². The Morgan fingerprint density at radius 3 is 1.74 bits per heavy atom. The highest BCUT2D eigenvalue weighted by molar-refractivity contribution is 5.76. The topological polar surface area (TPSA) is 149 Å². The lowest BCUT2D eigenvalue weighted by Gasteiger charge is -2.40. The van der Waals surface area contributed by atoms with E-state index >= 15 is 0 Å². The van der Waals surface area contributed by atoms with Gasteiger partial charge in [0, 0.05) is 6.42 Å². The fraction of sp³-hybridized carbons (Fsp3) is 0.795. The van der Waals surface area contributed by atoms with E-state index < -0.39 is 49.5 Å². The van der Waals surface area contributed by atoms with E-state index in [0.29, 0.717) is 12.8 Å². The second kappa shape index (κ2) is 34.6. The zero-order valence-corrected chi connectivity index (χ0v) is 33.5. The van der Waals surface area contributed by atoms with Gasteiger partial charge in [-0.3, -0.25) is 4.79 Å². The number of carbonyl (C=O) groups excluding carboxylic acids is 1. The van der Waals surface area contributed by atoms with Gasteiger partial charge in [-0.2, -0.15) is 0 Å². The molecule has 0 bridgehead atoms. The van der Waals surface area contributed by atoms with Crippen molar-refractivity contribution in [1.29, 1.82) is 0 Å². The van der Waals surface area contributed by atoms with Crippen molar-refractivity contribution in [3.63, 3.8) is 0 Å². The van der Waals surface area contributed by atoms with Crippen LogP contribution in [0.3, 0.4) is 0 Å². The maximum absolute atomic E-state index is 12.9. The molecule has 6 N–H and O–H groups in total. The van der Waals surface area contributed by atoms with E-state index in [2.05, 4.69) is 67.8 Å². The predicted octanol–water partition coefficient (Wildman–Crippen LogP) is 8.28. The number of aliphatic hydroxyl groups is 5. The van der Waals surface area contributed by atoms with Crippen molar-refractivity contribution in [2.45, 2.75) is 211 Å². The molecule has 1 aliphatic rings. The van der Waals surface area contributed by atoms with Gasteiger partial charge >= 0.3 is 0 Å². The molecule has 1 amide bonds. The van der Waals surface area contributed by atoms with Crippen LogP contribution in [0.1, 0.15) is 168 Å². The molecule has 0 saturated carbocycles. The molecular weight excluding hydrogens is 670 g/mol. The highest BCUT2D eigenvalue weighted by Crippen LogP contribution is 2.23. The van der Waals surface area contributed by atoms with Gasteiger partial charge in [0.2, 0.25) is 5.91 Å². The summed E-state index contributed by atoms with van der Waals surface area (Å²) in [5, 5.41) is 54.2. The lowest BCUT2D eigenvalue weighted by Crippen LogP contribution is -2.60. The first-order chi connectivity index (χ1) is 25.8. The van der Waals surface area contributed by atoms with Gasteiger partial charge in [0.1, 0.15) is 24.4 Å². The van der Waals surface area contributed by atoms with E-state index in [4.69, 9.17) is 9.47 Å². The number of aliphatic hydroxyl groups excluding tert-OH is 5. The highest BCUT2D eigenvalue weighted by Gasteiger charge is 2.44. The SMILES string of the molecule is CC/C=C\C/C=C\C/C=C\C/C=C\CCCCCCC(=O)NC(COC1OC(CO)C(O)C(O)C1O)C(O)CCCCCCCCCCCCCCC. The fourth-order valence-corrected chi connectivity index (χ4v) is 6.50. The number of hydrogen-bond acceptors (Lipinski definition) is 8.